The van der Waals surface area contributed by atoms with Crippen LogP contribution < -0.4 is 0 Å². The normalized spacial score (nSPS) is 31.7. The first-order valence-electron chi connectivity index (χ1n) is 5.39. The number of hydrogen-bond donors (Lipinski definition) is 0. The van der Waals surface area contributed by atoms with Gasteiger partial charge in [0, 0.05) is 12.3 Å². The molecule has 12 heavy (non-hydrogen) atoms. The number of Topliss-reactive ketones (excluding diaryl/α,β-unsaturated/α-hetero) is 1. The topological polar surface area (TPSA) is 17.1 Å². The van der Waals surface area contributed by atoms with E-state index in [1.54, 1.807) is 0 Å². The third kappa shape index (κ3) is 1.70. The number of carbonyl (C=O) groups excluding carboxylic acids is 1. The second-order valence-corrected chi connectivity index (χ2v) is 4.44. The van der Waals surface area contributed by atoms with Gasteiger partial charge in [0.2, 0.25) is 0 Å². The highest BCUT2D eigenvalue weighted by Crippen LogP contribution is 2.35. The van der Waals surface area contributed by atoms with Crippen molar-refractivity contribution in [1.29, 1.82) is 0 Å². The maximum absolute atomic E-state index is 11.4. The Balaban J connectivity index is 1.81. The Hall–Kier alpha value is -0.330. The largest absolute Gasteiger partial charge is 0.299 e. The smallest absolute Gasteiger partial charge is 0.135 e. The van der Waals surface area contributed by atoms with Crippen molar-refractivity contribution < 1.29 is 4.79 Å². The van der Waals surface area contributed by atoms with Crippen LogP contribution in [0.2, 0.25) is 0 Å². The molecular formula is C11H18O. The van der Waals surface area contributed by atoms with Crippen LogP contribution in [-0.2, 0) is 4.79 Å². The molecule has 2 aliphatic carbocycles. The summed E-state index contributed by atoms with van der Waals surface area (Å²) >= 11 is 0. The summed E-state index contributed by atoms with van der Waals surface area (Å²) in [6.45, 7) is 0. The van der Waals surface area contributed by atoms with Crippen molar-refractivity contribution in [3.8, 4) is 0 Å². The highest BCUT2D eigenvalue weighted by Gasteiger charge is 2.28. The summed E-state index contributed by atoms with van der Waals surface area (Å²) in [5.74, 6) is 1.92. The molecule has 0 amide bonds. The molecule has 0 aromatic rings. The molecule has 0 spiro atoms. The van der Waals surface area contributed by atoms with Gasteiger partial charge in [0.15, 0.2) is 0 Å². The van der Waals surface area contributed by atoms with Crippen LogP contribution in [0, 0.1) is 11.8 Å². The SMILES string of the molecule is O=C1CCCC1CC1CCCC1. The van der Waals surface area contributed by atoms with Gasteiger partial charge in [-0.05, 0) is 25.2 Å². The van der Waals surface area contributed by atoms with Gasteiger partial charge in [-0.15, -0.1) is 0 Å². The lowest BCUT2D eigenvalue weighted by Crippen LogP contribution is -2.10. The summed E-state index contributed by atoms with van der Waals surface area (Å²) < 4.78 is 0. The molecule has 2 rings (SSSR count). The lowest BCUT2D eigenvalue weighted by atomic mass is 9.92. The van der Waals surface area contributed by atoms with E-state index in [0.717, 1.165) is 18.8 Å². The Morgan fingerprint density at radius 2 is 1.83 bits per heavy atom. The van der Waals surface area contributed by atoms with E-state index >= 15 is 0 Å². The summed E-state index contributed by atoms with van der Waals surface area (Å²) in [7, 11) is 0. The molecule has 0 aromatic carbocycles. The molecule has 0 saturated heterocycles. The third-order valence-corrected chi connectivity index (χ3v) is 3.52. The van der Waals surface area contributed by atoms with Gasteiger partial charge < -0.3 is 0 Å². The fourth-order valence-electron chi connectivity index (χ4n) is 2.79. The van der Waals surface area contributed by atoms with Crippen LogP contribution >= 0.6 is 0 Å². The first kappa shape index (κ1) is 8.28. The molecule has 1 atom stereocenters. The fourth-order valence-corrected chi connectivity index (χ4v) is 2.79. The molecule has 68 valence electrons. The zero-order valence-corrected chi connectivity index (χ0v) is 7.72. The maximum atomic E-state index is 11.4. The molecule has 2 saturated carbocycles. The molecular weight excluding hydrogens is 148 g/mol. The monoisotopic (exact) mass is 166 g/mol. The Morgan fingerprint density at radius 1 is 1.08 bits per heavy atom. The van der Waals surface area contributed by atoms with Gasteiger partial charge in [0.1, 0.15) is 5.78 Å². The minimum absolute atomic E-state index is 0.466. The molecule has 0 bridgehead atoms. The standard InChI is InChI=1S/C11H18O/c12-11-7-3-6-10(11)8-9-4-1-2-5-9/h9-10H,1-8H2. The molecule has 1 heteroatoms. The maximum Gasteiger partial charge on any atom is 0.135 e. The number of hydrogen-bond acceptors (Lipinski definition) is 1. The average Bonchev–Trinajstić information content (AvgIpc) is 2.65. The second-order valence-electron chi connectivity index (χ2n) is 4.44. The predicted molar refractivity (Wildman–Crippen MR) is 48.9 cm³/mol. The Morgan fingerprint density at radius 3 is 2.42 bits per heavy atom. The highest BCUT2D eigenvalue weighted by atomic mass is 16.1. The van der Waals surface area contributed by atoms with Gasteiger partial charge in [-0.2, -0.15) is 0 Å². The van der Waals surface area contributed by atoms with E-state index in [4.69, 9.17) is 0 Å². The molecule has 0 aromatic heterocycles. The molecule has 0 heterocycles. The van der Waals surface area contributed by atoms with Gasteiger partial charge in [-0.1, -0.05) is 25.7 Å². The van der Waals surface area contributed by atoms with Crippen LogP contribution in [0.5, 0.6) is 0 Å². The van der Waals surface area contributed by atoms with E-state index < -0.39 is 0 Å². The van der Waals surface area contributed by atoms with Crippen molar-refractivity contribution in [2.75, 3.05) is 0 Å². The highest BCUT2D eigenvalue weighted by molar-refractivity contribution is 5.82. The number of carbonyl (C=O) groups is 1. The molecule has 2 aliphatic rings. The third-order valence-electron chi connectivity index (χ3n) is 3.52. The van der Waals surface area contributed by atoms with Crippen LogP contribution in [0.4, 0.5) is 0 Å². The first-order chi connectivity index (χ1) is 5.86. The van der Waals surface area contributed by atoms with E-state index in [-0.39, 0.29) is 0 Å². The lowest BCUT2D eigenvalue weighted by Gasteiger charge is -2.12. The molecule has 0 radical (unpaired) electrons. The van der Waals surface area contributed by atoms with Gasteiger partial charge in [0.05, 0.1) is 0 Å². The van der Waals surface area contributed by atoms with Gasteiger partial charge in [0.25, 0.3) is 0 Å². The number of ketones is 1. The zero-order chi connectivity index (χ0) is 8.39. The molecule has 1 nitrogen and oxygen atoms in total. The van der Waals surface area contributed by atoms with Crippen LogP contribution in [0.1, 0.15) is 51.4 Å². The predicted octanol–water partition coefficient (Wildman–Crippen LogP) is 2.94. The quantitative estimate of drug-likeness (QED) is 0.616. The lowest BCUT2D eigenvalue weighted by molar-refractivity contribution is -0.121. The Bertz CT molecular complexity index is 168. The van der Waals surface area contributed by atoms with Crippen LogP contribution in [0.15, 0.2) is 0 Å². The summed E-state index contributed by atoms with van der Waals surface area (Å²) in [4.78, 5) is 11.4. The number of rotatable bonds is 2. The van der Waals surface area contributed by atoms with Crippen molar-refractivity contribution >= 4 is 5.78 Å². The summed E-state index contributed by atoms with van der Waals surface area (Å²) in [5.41, 5.74) is 0. The average molecular weight is 166 g/mol. The fraction of sp³-hybridized carbons (Fsp3) is 0.909. The Labute approximate surface area is 74.5 Å². The van der Waals surface area contributed by atoms with E-state index in [1.165, 1.54) is 38.5 Å². The van der Waals surface area contributed by atoms with Gasteiger partial charge in [-0.25, -0.2) is 0 Å². The summed E-state index contributed by atoms with van der Waals surface area (Å²) in [6, 6.07) is 0. The zero-order valence-electron chi connectivity index (χ0n) is 7.72. The van der Waals surface area contributed by atoms with Crippen LogP contribution in [-0.4, -0.2) is 5.78 Å². The minimum atomic E-state index is 0.466. The second kappa shape index (κ2) is 3.59. The van der Waals surface area contributed by atoms with Crippen molar-refractivity contribution in [3.63, 3.8) is 0 Å². The van der Waals surface area contributed by atoms with Crippen molar-refractivity contribution in [3.05, 3.63) is 0 Å². The van der Waals surface area contributed by atoms with Crippen molar-refractivity contribution in [2.45, 2.75) is 51.4 Å². The van der Waals surface area contributed by atoms with E-state index in [2.05, 4.69) is 0 Å². The van der Waals surface area contributed by atoms with Crippen LogP contribution in [0.25, 0.3) is 0 Å². The van der Waals surface area contributed by atoms with E-state index in [9.17, 15) is 4.79 Å². The first-order valence-corrected chi connectivity index (χ1v) is 5.39. The van der Waals surface area contributed by atoms with E-state index in [0.29, 0.717) is 11.7 Å². The van der Waals surface area contributed by atoms with Gasteiger partial charge >= 0.3 is 0 Å². The van der Waals surface area contributed by atoms with Crippen LogP contribution in [0.3, 0.4) is 0 Å². The molecule has 0 aliphatic heterocycles. The molecule has 2 fully saturated rings. The van der Waals surface area contributed by atoms with Crippen molar-refractivity contribution in [1.82, 2.24) is 0 Å². The molecule has 1 unspecified atom stereocenters. The Kier molecular flexibility index (Phi) is 2.48. The molecule has 0 N–H and O–H groups in total. The summed E-state index contributed by atoms with van der Waals surface area (Å²) in [6.07, 6.45) is 10.0. The van der Waals surface area contributed by atoms with E-state index in [1.807, 2.05) is 0 Å². The van der Waals surface area contributed by atoms with Gasteiger partial charge in [-0.3, -0.25) is 4.79 Å². The van der Waals surface area contributed by atoms with Crippen molar-refractivity contribution in [2.24, 2.45) is 11.8 Å². The summed E-state index contributed by atoms with van der Waals surface area (Å²) in [5, 5.41) is 0. The minimum Gasteiger partial charge on any atom is -0.299 e.